The first-order valence-electron chi connectivity index (χ1n) is 7.70. The summed E-state index contributed by atoms with van der Waals surface area (Å²) in [6, 6.07) is 10.1. The van der Waals surface area contributed by atoms with Gasteiger partial charge in [0, 0.05) is 29.5 Å². The first kappa shape index (κ1) is 16.9. The molecule has 3 aromatic rings. The van der Waals surface area contributed by atoms with Crippen molar-refractivity contribution >= 4 is 17.5 Å². The van der Waals surface area contributed by atoms with Crippen LogP contribution in [0, 0.1) is 6.92 Å². The number of aromatic nitrogens is 4. The lowest BCUT2D eigenvalue weighted by Crippen LogP contribution is -2.24. The first-order chi connectivity index (χ1) is 12.0. The molecule has 0 saturated carbocycles. The highest BCUT2D eigenvalue weighted by molar-refractivity contribution is 6.30. The highest BCUT2D eigenvalue weighted by atomic mass is 35.5. The summed E-state index contributed by atoms with van der Waals surface area (Å²) in [5.74, 6) is -0.254. The molecule has 0 aliphatic heterocycles. The van der Waals surface area contributed by atoms with Crippen LogP contribution in [-0.2, 0) is 0 Å². The van der Waals surface area contributed by atoms with Gasteiger partial charge in [-0.05, 0) is 44.2 Å². The number of hydrogen-bond donors (Lipinski definition) is 1. The second kappa shape index (κ2) is 6.90. The van der Waals surface area contributed by atoms with Crippen molar-refractivity contribution in [2.24, 2.45) is 0 Å². The minimum atomic E-state index is -0.254. The van der Waals surface area contributed by atoms with Crippen LogP contribution in [0.4, 0.5) is 0 Å². The van der Waals surface area contributed by atoms with Crippen molar-refractivity contribution in [2.45, 2.75) is 13.8 Å². The molecule has 0 saturated heterocycles. The zero-order chi connectivity index (χ0) is 18.0. The van der Waals surface area contributed by atoms with E-state index in [9.17, 15) is 9.59 Å². The van der Waals surface area contributed by atoms with Crippen LogP contribution in [0.5, 0.6) is 0 Å². The number of halogens is 1. The largest absolute Gasteiger partial charge is 0.351 e. The van der Waals surface area contributed by atoms with Gasteiger partial charge in [-0.25, -0.2) is 0 Å². The summed E-state index contributed by atoms with van der Waals surface area (Å²) < 4.78 is 1.48. The third kappa shape index (κ3) is 3.46. The van der Waals surface area contributed by atoms with Crippen LogP contribution < -0.4 is 10.9 Å². The Morgan fingerprint density at radius 2 is 1.84 bits per heavy atom. The lowest BCUT2D eigenvalue weighted by atomic mass is 10.2. The smallest absolute Gasteiger partial charge is 0.273 e. The Morgan fingerprint density at radius 3 is 2.48 bits per heavy atom. The normalized spacial score (nSPS) is 10.7. The third-order valence-corrected chi connectivity index (χ3v) is 3.81. The van der Waals surface area contributed by atoms with Crippen molar-refractivity contribution in [3.63, 3.8) is 0 Å². The van der Waals surface area contributed by atoms with Gasteiger partial charge in [0.1, 0.15) is 0 Å². The number of rotatable bonds is 4. The van der Waals surface area contributed by atoms with E-state index in [-0.39, 0.29) is 11.5 Å². The van der Waals surface area contributed by atoms with E-state index in [1.807, 2.05) is 6.92 Å². The molecule has 2 aromatic heterocycles. The maximum atomic E-state index is 12.0. The van der Waals surface area contributed by atoms with Gasteiger partial charge in [-0.1, -0.05) is 11.6 Å². The van der Waals surface area contributed by atoms with Crippen LogP contribution in [0.15, 0.2) is 47.4 Å². The zero-order valence-electron chi connectivity index (χ0n) is 13.7. The molecule has 0 spiro atoms. The fraction of sp³-hybridized carbons (Fsp3) is 0.176. The van der Waals surface area contributed by atoms with Gasteiger partial charge in [0.2, 0.25) is 0 Å². The van der Waals surface area contributed by atoms with Gasteiger partial charge in [0.05, 0.1) is 11.4 Å². The van der Waals surface area contributed by atoms with Crippen LogP contribution in [0.1, 0.15) is 23.1 Å². The number of aryl methyl sites for hydroxylation is 1. The lowest BCUT2D eigenvalue weighted by Gasteiger charge is -2.06. The molecule has 25 heavy (non-hydrogen) atoms. The van der Waals surface area contributed by atoms with Crippen molar-refractivity contribution in [1.29, 1.82) is 0 Å². The molecule has 1 amide bonds. The van der Waals surface area contributed by atoms with E-state index in [1.165, 1.54) is 15.4 Å². The summed E-state index contributed by atoms with van der Waals surface area (Å²) in [7, 11) is 0. The third-order valence-electron chi connectivity index (χ3n) is 3.58. The maximum absolute atomic E-state index is 12.0. The summed E-state index contributed by atoms with van der Waals surface area (Å²) in [4.78, 5) is 25.3. The Bertz CT molecular complexity index is 975. The van der Waals surface area contributed by atoms with Gasteiger partial charge in [-0.15, -0.1) is 5.10 Å². The molecule has 8 heteroatoms. The standard InChI is InChI=1S/C17H16ClN5O2/c1-3-19-17(25)16-11(2)20-23(21-16)14-6-4-13(5-7-14)22-9-8-12(18)10-15(22)24/h4-10H,3H2,1-2H3,(H,19,25). The van der Waals surface area contributed by atoms with Crippen molar-refractivity contribution in [2.75, 3.05) is 6.54 Å². The molecule has 0 radical (unpaired) electrons. The van der Waals surface area contributed by atoms with E-state index in [4.69, 9.17) is 11.6 Å². The fourth-order valence-electron chi connectivity index (χ4n) is 2.36. The number of amides is 1. The Balaban J connectivity index is 1.92. The summed E-state index contributed by atoms with van der Waals surface area (Å²) in [5.41, 5.74) is 2.00. The molecule has 1 N–H and O–H groups in total. The molecule has 0 bridgehead atoms. The topological polar surface area (TPSA) is 81.8 Å². The Morgan fingerprint density at radius 1 is 1.16 bits per heavy atom. The molecule has 1 aromatic carbocycles. The van der Waals surface area contributed by atoms with E-state index in [0.29, 0.717) is 34.3 Å². The molecule has 0 unspecified atom stereocenters. The monoisotopic (exact) mass is 357 g/mol. The highest BCUT2D eigenvalue weighted by Crippen LogP contribution is 2.13. The lowest BCUT2D eigenvalue weighted by molar-refractivity contribution is 0.0950. The first-order valence-corrected chi connectivity index (χ1v) is 8.08. The SMILES string of the molecule is CCNC(=O)c1nn(-c2ccc(-n3ccc(Cl)cc3=O)cc2)nc1C. The second-order valence-electron chi connectivity index (χ2n) is 5.35. The summed E-state index contributed by atoms with van der Waals surface area (Å²) in [6.07, 6.45) is 1.61. The number of hydrogen-bond acceptors (Lipinski definition) is 4. The molecule has 128 valence electrons. The van der Waals surface area contributed by atoms with E-state index in [1.54, 1.807) is 43.5 Å². The Kier molecular flexibility index (Phi) is 4.67. The van der Waals surface area contributed by atoms with Crippen molar-refractivity contribution in [1.82, 2.24) is 24.9 Å². The van der Waals surface area contributed by atoms with Crippen molar-refractivity contribution in [3.05, 3.63) is 69.4 Å². The van der Waals surface area contributed by atoms with Gasteiger partial charge in [-0.3, -0.25) is 14.2 Å². The van der Waals surface area contributed by atoms with E-state index in [2.05, 4.69) is 15.5 Å². The number of nitrogens with one attached hydrogen (secondary N) is 1. The molecule has 0 fully saturated rings. The molecular weight excluding hydrogens is 342 g/mol. The summed E-state index contributed by atoms with van der Waals surface area (Å²) in [6.45, 7) is 4.10. The van der Waals surface area contributed by atoms with E-state index < -0.39 is 0 Å². The molecule has 0 atom stereocenters. The van der Waals surface area contributed by atoms with Gasteiger partial charge in [0.25, 0.3) is 11.5 Å². The molecule has 7 nitrogen and oxygen atoms in total. The Labute approximate surface area is 148 Å². The van der Waals surface area contributed by atoms with Crippen LogP contribution in [0.2, 0.25) is 5.02 Å². The van der Waals surface area contributed by atoms with Crippen molar-refractivity contribution < 1.29 is 4.79 Å². The predicted molar refractivity (Wildman–Crippen MR) is 94.7 cm³/mol. The number of carbonyl (C=O) groups is 1. The van der Waals surface area contributed by atoms with Gasteiger partial charge >= 0.3 is 0 Å². The van der Waals surface area contributed by atoms with Gasteiger partial charge < -0.3 is 5.32 Å². The predicted octanol–water partition coefficient (Wildman–Crippen LogP) is 2.13. The van der Waals surface area contributed by atoms with Crippen LogP contribution in [-0.4, -0.2) is 32.0 Å². The molecule has 2 heterocycles. The number of carbonyl (C=O) groups excluding carboxylic acids is 1. The van der Waals surface area contributed by atoms with Crippen LogP contribution in [0.25, 0.3) is 11.4 Å². The molecular formula is C17H16ClN5O2. The number of nitrogens with zero attached hydrogens (tertiary/aromatic N) is 4. The summed E-state index contributed by atoms with van der Waals surface area (Å²) >= 11 is 5.81. The van der Waals surface area contributed by atoms with Gasteiger partial charge in [-0.2, -0.15) is 9.90 Å². The number of benzene rings is 1. The molecule has 0 aliphatic rings. The highest BCUT2D eigenvalue weighted by Gasteiger charge is 2.15. The quantitative estimate of drug-likeness (QED) is 0.775. The average Bonchev–Trinajstić information content (AvgIpc) is 2.97. The molecule has 0 aliphatic carbocycles. The second-order valence-corrected chi connectivity index (χ2v) is 5.79. The van der Waals surface area contributed by atoms with E-state index in [0.717, 1.165) is 0 Å². The maximum Gasteiger partial charge on any atom is 0.273 e. The van der Waals surface area contributed by atoms with Crippen LogP contribution >= 0.6 is 11.6 Å². The molecule has 3 rings (SSSR count). The van der Waals surface area contributed by atoms with Gasteiger partial charge in [0.15, 0.2) is 5.69 Å². The summed E-state index contributed by atoms with van der Waals surface area (Å²) in [5, 5.41) is 11.6. The van der Waals surface area contributed by atoms with Crippen molar-refractivity contribution in [3.8, 4) is 11.4 Å². The van der Waals surface area contributed by atoms with Crippen LogP contribution in [0.3, 0.4) is 0 Å². The number of pyridine rings is 1. The minimum Gasteiger partial charge on any atom is -0.351 e. The zero-order valence-corrected chi connectivity index (χ0v) is 14.5. The van der Waals surface area contributed by atoms with E-state index >= 15 is 0 Å². The Hall–Kier alpha value is -2.93. The average molecular weight is 358 g/mol. The fourth-order valence-corrected chi connectivity index (χ4v) is 2.51. The minimum absolute atomic E-state index is 0.216.